The molecule has 1 rings (SSSR count). The number of hydrogen-bond donors (Lipinski definition) is 0. The maximum Gasteiger partial charge on any atom is 0.257 e. The fraction of sp³-hybridized carbons (Fsp3) is 0.875. The van der Waals surface area contributed by atoms with Crippen molar-refractivity contribution in [3.05, 3.63) is 0 Å². The summed E-state index contributed by atoms with van der Waals surface area (Å²) >= 11 is 0. The number of nitrogens with zero attached hydrogens (tertiary/aromatic N) is 1. The first kappa shape index (κ1) is 8.50. The van der Waals surface area contributed by atoms with E-state index < -0.39 is 6.17 Å². The molecule has 0 aromatic carbocycles. The van der Waals surface area contributed by atoms with Crippen LogP contribution in [-0.2, 0) is 4.79 Å². The molecule has 3 heteroatoms. The van der Waals surface area contributed by atoms with Crippen molar-refractivity contribution < 1.29 is 9.18 Å². The molecule has 0 bridgehead atoms. The Morgan fingerprint density at radius 2 is 2.09 bits per heavy atom. The van der Waals surface area contributed by atoms with Gasteiger partial charge in [-0.25, -0.2) is 4.39 Å². The lowest BCUT2D eigenvalue weighted by molar-refractivity contribution is -0.135. The summed E-state index contributed by atoms with van der Waals surface area (Å²) in [6.07, 6.45) is -0.898. The summed E-state index contributed by atoms with van der Waals surface area (Å²) in [5, 5.41) is 0. The predicted molar refractivity (Wildman–Crippen MR) is 41.0 cm³/mol. The van der Waals surface area contributed by atoms with Gasteiger partial charge in [0.1, 0.15) is 0 Å². The van der Waals surface area contributed by atoms with E-state index in [0.29, 0.717) is 13.0 Å². The Bertz CT molecular complexity index is 173. The second-order valence-electron chi connectivity index (χ2n) is 3.92. The van der Waals surface area contributed by atoms with Gasteiger partial charge in [0.25, 0.3) is 5.91 Å². The average Bonchev–Trinajstić information content (AvgIpc) is 2.11. The summed E-state index contributed by atoms with van der Waals surface area (Å²) in [5.41, 5.74) is -0.224. The van der Waals surface area contributed by atoms with E-state index in [4.69, 9.17) is 0 Å². The lowest BCUT2D eigenvalue weighted by atomic mass is 10.1. The van der Waals surface area contributed by atoms with E-state index in [9.17, 15) is 9.18 Å². The van der Waals surface area contributed by atoms with Crippen LogP contribution in [0.3, 0.4) is 0 Å². The van der Waals surface area contributed by atoms with Gasteiger partial charge in [-0.05, 0) is 20.8 Å². The Balaban J connectivity index is 2.70. The zero-order chi connectivity index (χ0) is 8.65. The van der Waals surface area contributed by atoms with Gasteiger partial charge in [0.05, 0.1) is 0 Å². The van der Waals surface area contributed by atoms with Gasteiger partial charge in [0.15, 0.2) is 6.17 Å². The van der Waals surface area contributed by atoms with Crippen molar-refractivity contribution in [1.29, 1.82) is 0 Å². The van der Waals surface area contributed by atoms with Crippen LogP contribution < -0.4 is 0 Å². The second kappa shape index (κ2) is 2.47. The highest BCUT2D eigenvalue weighted by Gasteiger charge is 2.37. The van der Waals surface area contributed by atoms with Crippen molar-refractivity contribution in [1.82, 2.24) is 4.90 Å². The number of halogens is 1. The number of amides is 1. The highest BCUT2D eigenvalue weighted by Crippen LogP contribution is 2.23. The van der Waals surface area contributed by atoms with Crippen LogP contribution in [0, 0.1) is 0 Å². The van der Waals surface area contributed by atoms with Gasteiger partial charge in [-0.15, -0.1) is 0 Å². The highest BCUT2D eigenvalue weighted by molar-refractivity contribution is 5.83. The molecule has 1 aliphatic rings. The Morgan fingerprint density at radius 3 is 2.27 bits per heavy atom. The van der Waals surface area contributed by atoms with Crippen LogP contribution in [0.15, 0.2) is 0 Å². The lowest BCUT2D eigenvalue weighted by Crippen LogP contribution is -2.43. The molecular formula is C8H14FNO. The molecule has 1 amide bonds. The normalized spacial score (nSPS) is 26.4. The number of hydrogen-bond acceptors (Lipinski definition) is 1. The summed E-state index contributed by atoms with van der Waals surface area (Å²) in [7, 11) is 0. The second-order valence-corrected chi connectivity index (χ2v) is 3.92. The first-order valence-electron chi connectivity index (χ1n) is 3.88. The molecule has 0 aliphatic carbocycles. The lowest BCUT2D eigenvalue weighted by Gasteiger charge is -2.31. The van der Waals surface area contributed by atoms with Crippen molar-refractivity contribution in [2.45, 2.75) is 38.9 Å². The fourth-order valence-electron chi connectivity index (χ4n) is 1.31. The number of rotatable bonds is 0. The van der Waals surface area contributed by atoms with Gasteiger partial charge in [0.2, 0.25) is 0 Å². The largest absolute Gasteiger partial charge is 0.335 e. The molecule has 0 saturated carbocycles. The molecule has 1 saturated heterocycles. The summed E-state index contributed by atoms with van der Waals surface area (Å²) < 4.78 is 12.7. The number of alkyl halides is 1. The van der Waals surface area contributed by atoms with E-state index in [2.05, 4.69) is 0 Å². The van der Waals surface area contributed by atoms with Gasteiger partial charge in [-0.2, -0.15) is 0 Å². The van der Waals surface area contributed by atoms with E-state index in [1.54, 1.807) is 4.90 Å². The molecule has 0 spiro atoms. The third-order valence-corrected chi connectivity index (χ3v) is 1.95. The summed E-state index contributed by atoms with van der Waals surface area (Å²) in [5.74, 6) is -0.350. The molecule has 11 heavy (non-hydrogen) atoms. The van der Waals surface area contributed by atoms with E-state index in [-0.39, 0.29) is 11.4 Å². The van der Waals surface area contributed by atoms with Crippen molar-refractivity contribution in [2.24, 2.45) is 0 Å². The summed E-state index contributed by atoms with van der Waals surface area (Å²) in [6, 6.07) is 0. The molecule has 1 atom stereocenters. The van der Waals surface area contributed by atoms with Crippen LogP contribution in [0.25, 0.3) is 0 Å². The van der Waals surface area contributed by atoms with E-state index in [0.717, 1.165) is 0 Å². The minimum atomic E-state index is -1.26. The maximum atomic E-state index is 12.7. The summed E-state index contributed by atoms with van der Waals surface area (Å²) in [6.45, 7) is 6.32. The van der Waals surface area contributed by atoms with Gasteiger partial charge in [-0.1, -0.05) is 0 Å². The molecule has 1 unspecified atom stereocenters. The Labute approximate surface area is 66.4 Å². The molecule has 0 radical (unpaired) electrons. The molecule has 0 aromatic heterocycles. The molecule has 2 nitrogen and oxygen atoms in total. The number of carbonyl (C=O) groups excluding carboxylic acids is 1. The van der Waals surface area contributed by atoms with Gasteiger partial charge >= 0.3 is 0 Å². The van der Waals surface area contributed by atoms with E-state index >= 15 is 0 Å². The van der Waals surface area contributed by atoms with Crippen molar-refractivity contribution in [3.8, 4) is 0 Å². The third-order valence-electron chi connectivity index (χ3n) is 1.95. The SMILES string of the molecule is CC(C)(C)N1CCC(F)C1=O. The molecule has 64 valence electrons. The zero-order valence-corrected chi connectivity index (χ0v) is 7.22. The monoisotopic (exact) mass is 159 g/mol. The van der Waals surface area contributed by atoms with E-state index in [1.165, 1.54) is 0 Å². The topological polar surface area (TPSA) is 20.3 Å². The summed E-state index contributed by atoms with van der Waals surface area (Å²) in [4.78, 5) is 12.7. The number of carbonyl (C=O) groups is 1. The van der Waals surface area contributed by atoms with Crippen LogP contribution in [0.1, 0.15) is 27.2 Å². The zero-order valence-electron chi connectivity index (χ0n) is 7.22. The molecular weight excluding hydrogens is 145 g/mol. The van der Waals surface area contributed by atoms with Crippen LogP contribution in [-0.4, -0.2) is 29.1 Å². The first-order chi connectivity index (χ1) is 4.93. The smallest absolute Gasteiger partial charge is 0.257 e. The third kappa shape index (κ3) is 1.52. The van der Waals surface area contributed by atoms with Gasteiger partial charge in [-0.3, -0.25) is 4.79 Å². The van der Waals surface area contributed by atoms with Gasteiger partial charge < -0.3 is 4.90 Å². The van der Waals surface area contributed by atoms with Crippen LogP contribution in [0.4, 0.5) is 4.39 Å². The van der Waals surface area contributed by atoms with E-state index in [1.807, 2.05) is 20.8 Å². The molecule has 1 aliphatic heterocycles. The van der Waals surface area contributed by atoms with Crippen LogP contribution in [0.2, 0.25) is 0 Å². The van der Waals surface area contributed by atoms with Crippen molar-refractivity contribution >= 4 is 5.91 Å². The van der Waals surface area contributed by atoms with Crippen LogP contribution in [0.5, 0.6) is 0 Å². The minimum absolute atomic E-state index is 0.224. The standard InChI is InChI=1S/C8H14FNO/c1-8(2,3)10-5-4-6(9)7(10)11/h6H,4-5H2,1-3H3. The quantitative estimate of drug-likeness (QED) is 0.522. The van der Waals surface area contributed by atoms with Crippen molar-refractivity contribution in [2.75, 3.05) is 6.54 Å². The number of likely N-dealkylation sites (tertiary alicyclic amines) is 1. The Kier molecular flexibility index (Phi) is 1.90. The Hall–Kier alpha value is -0.600. The maximum absolute atomic E-state index is 12.7. The molecule has 1 fully saturated rings. The van der Waals surface area contributed by atoms with Crippen LogP contribution >= 0.6 is 0 Å². The molecule has 0 aromatic rings. The Morgan fingerprint density at radius 1 is 1.55 bits per heavy atom. The average molecular weight is 159 g/mol. The molecule has 1 heterocycles. The van der Waals surface area contributed by atoms with Gasteiger partial charge in [0, 0.05) is 18.5 Å². The first-order valence-corrected chi connectivity index (χ1v) is 3.88. The highest BCUT2D eigenvalue weighted by atomic mass is 19.1. The minimum Gasteiger partial charge on any atom is -0.335 e. The fourth-order valence-corrected chi connectivity index (χ4v) is 1.31. The predicted octanol–water partition coefficient (Wildman–Crippen LogP) is 1.36. The molecule has 0 N–H and O–H groups in total. The van der Waals surface area contributed by atoms with Crippen molar-refractivity contribution in [3.63, 3.8) is 0 Å².